The van der Waals surface area contributed by atoms with Crippen molar-refractivity contribution in [2.45, 2.75) is 26.4 Å². The smallest absolute Gasteiger partial charge is 0.412 e. The summed E-state index contributed by atoms with van der Waals surface area (Å²) in [6.45, 7) is 5.40. The first-order chi connectivity index (χ1) is 10.9. The molecule has 0 aliphatic rings. The summed E-state index contributed by atoms with van der Waals surface area (Å²) in [5, 5.41) is 2.64. The minimum Gasteiger partial charge on any atom is -0.456 e. The lowest BCUT2D eigenvalue weighted by atomic mass is 10.2. The van der Waals surface area contributed by atoms with Gasteiger partial charge in [-0.05, 0) is 57.2 Å². The molecule has 0 spiro atoms. The van der Waals surface area contributed by atoms with Gasteiger partial charge in [-0.3, -0.25) is 10.1 Å². The number of rotatable bonds is 4. The molecule has 120 valence electrons. The Morgan fingerprint density at radius 1 is 1.09 bits per heavy atom. The molecule has 1 aromatic carbocycles. The summed E-state index contributed by atoms with van der Waals surface area (Å²) in [7, 11) is 0. The van der Waals surface area contributed by atoms with E-state index in [-0.39, 0.29) is 0 Å². The summed E-state index contributed by atoms with van der Waals surface area (Å²) in [6.07, 6.45) is 1.62. The van der Waals surface area contributed by atoms with Crippen molar-refractivity contribution < 1.29 is 19.1 Å². The van der Waals surface area contributed by atoms with Gasteiger partial charge >= 0.3 is 6.09 Å². The van der Waals surface area contributed by atoms with Gasteiger partial charge in [0.1, 0.15) is 22.8 Å². The number of hydrogen-bond donors (Lipinski definition) is 1. The van der Waals surface area contributed by atoms with Gasteiger partial charge in [0.2, 0.25) is 0 Å². The summed E-state index contributed by atoms with van der Waals surface area (Å²) in [5.41, 5.74) is 0.392. The number of carbonyl (C=O) groups is 2. The van der Waals surface area contributed by atoms with Gasteiger partial charge in [-0.25, -0.2) is 9.78 Å². The average Bonchev–Trinajstić information content (AvgIpc) is 2.48. The maximum atomic E-state index is 11.7. The van der Waals surface area contributed by atoms with Crippen LogP contribution in [0, 0.1) is 0 Å². The Kier molecular flexibility index (Phi) is 4.95. The molecular weight excluding hydrogens is 296 g/mol. The van der Waals surface area contributed by atoms with E-state index in [0.717, 1.165) is 0 Å². The third kappa shape index (κ3) is 5.43. The van der Waals surface area contributed by atoms with Gasteiger partial charge < -0.3 is 9.47 Å². The van der Waals surface area contributed by atoms with Gasteiger partial charge in [0, 0.05) is 5.69 Å². The molecule has 23 heavy (non-hydrogen) atoms. The minimum atomic E-state index is -0.548. The predicted molar refractivity (Wildman–Crippen MR) is 86.0 cm³/mol. The summed E-state index contributed by atoms with van der Waals surface area (Å²) in [5.74, 6) is 1.10. The molecule has 1 heterocycles. The van der Waals surface area contributed by atoms with Crippen molar-refractivity contribution in [1.29, 1.82) is 0 Å². The molecule has 0 atom stereocenters. The second-order valence-electron chi connectivity index (χ2n) is 5.79. The fourth-order valence-corrected chi connectivity index (χ4v) is 1.69. The number of amides is 1. The van der Waals surface area contributed by atoms with Crippen LogP contribution in [0.25, 0.3) is 0 Å². The first-order valence-electron chi connectivity index (χ1n) is 7.05. The second kappa shape index (κ2) is 6.91. The number of nitrogens with one attached hydrogen (secondary N) is 1. The minimum absolute atomic E-state index is 0.342. The molecule has 2 aromatic rings. The number of carbonyl (C=O) groups excluding carboxylic acids is 2. The second-order valence-corrected chi connectivity index (χ2v) is 5.79. The van der Waals surface area contributed by atoms with Crippen LogP contribution in [0.1, 0.15) is 31.3 Å². The van der Waals surface area contributed by atoms with Crippen LogP contribution in [-0.4, -0.2) is 23.0 Å². The highest BCUT2D eigenvalue weighted by molar-refractivity contribution is 5.84. The van der Waals surface area contributed by atoms with E-state index in [1.165, 1.54) is 6.20 Å². The van der Waals surface area contributed by atoms with Crippen LogP contribution in [0.5, 0.6) is 11.5 Å². The maximum Gasteiger partial charge on any atom is 0.412 e. The number of aldehydes is 1. The van der Waals surface area contributed by atoms with E-state index in [2.05, 4.69) is 10.3 Å². The van der Waals surface area contributed by atoms with Crippen molar-refractivity contribution in [2.75, 3.05) is 5.32 Å². The highest BCUT2D eigenvalue weighted by Crippen LogP contribution is 2.22. The van der Waals surface area contributed by atoms with Crippen molar-refractivity contribution >= 4 is 18.1 Å². The Labute approximate surface area is 134 Å². The van der Waals surface area contributed by atoms with Gasteiger partial charge in [-0.2, -0.15) is 0 Å². The zero-order valence-corrected chi connectivity index (χ0v) is 13.2. The van der Waals surface area contributed by atoms with Crippen LogP contribution < -0.4 is 10.1 Å². The Hall–Kier alpha value is -2.89. The van der Waals surface area contributed by atoms with Crippen LogP contribution in [0.15, 0.2) is 42.6 Å². The van der Waals surface area contributed by atoms with E-state index in [0.29, 0.717) is 29.2 Å². The van der Waals surface area contributed by atoms with E-state index in [9.17, 15) is 9.59 Å². The fourth-order valence-electron chi connectivity index (χ4n) is 1.69. The largest absolute Gasteiger partial charge is 0.456 e. The highest BCUT2D eigenvalue weighted by atomic mass is 16.6. The van der Waals surface area contributed by atoms with Gasteiger partial charge in [0.05, 0.1) is 6.20 Å². The van der Waals surface area contributed by atoms with E-state index in [4.69, 9.17) is 9.47 Å². The van der Waals surface area contributed by atoms with Crippen LogP contribution >= 0.6 is 0 Å². The molecule has 1 aromatic heterocycles. The Bertz CT molecular complexity index is 673. The van der Waals surface area contributed by atoms with Gasteiger partial charge in [0.15, 0.2) is 6.29 Å². The predicted octanol–water partition coefficient (Wildman–Crippen LogP) is 4.03. The van der Waals surface area contributed by atoms with Gasteiger partial charge in [-0.1, -0.05) is 0 Å². The molecule has 6 nitrogen and oxygen atoms in total. The topological polar surface area (TPSA) is 77.5 Å². The quantitative estimate of drug-likeness (QED) is 0.862. The molecular formula is C17H18N2O4. The molecule has 0 saturated carbocycles. The molecule has 1 amide bonds. The van der Waals surface area contributed by atoms with Crippen molar-refractivity contribution in [2.24, 2.45) is 0 Å². The Morgan fingerprint density at radius 2 is 1.74 bits per heavy atom. The first-order valence-corrected chi connectivity index (χ1v) is 7.05. The summed E-state index contributed by atoms with van der Waals surface area (Å²) in [6, 6.07) is 10.0. The number of ether oxygens (including phenoxy) is 2. The number of nitrogens with zero attached hydrogens (tertiary/aromatic N) is 1. The number of anilines is 1. The normalized spacial score (nSPS) is 10.7. The van der Waals surface area contributed by atoms with Crippen LogP contribution in [0.4, 0.5) is 10.5 Å². The van der Waals surface area contributed by atoms with Crippen molar-refractivity contribution in [1.82, 2.24) is 4.98 Å². The molecule has 0 saturated heterocycles. The van der Waals surface area contributed by atoms with Crippen molar-refractivity contribution in [3.8, 4) is 11.5 Å². The fraction of sp³-hybridized carbons (Fsp3) is 0.235. The van der Waals surface area contributed by atoms with Crippen molar-refractivity contribution in [3.05, 3.63) is 48.3 Å². The molecule has 1 N–H and O–H groups in total. The average molecular weight is 314 g/mol. The highest BCUT2D eigenvalue weighted by Gasteiger charge is 2.16. The molecule has 2 rings (SSSR count). The monoisotopic (exact) mass is 314 g/mol. The standard InChI is InChI=1S/C17H18N2O4/c1-17(2,3)23-16(21)19-12-4-7-14(8-5-12)22-15-9-6-13(11-20)18-10-15/h4-11H,1-3H3,(H,19,21). The van der Waals surface area contributed by atoms with Gasteiger partial charge in [-0.15, -0.1) is 0 Å². The number of benzene rings is 1. The van der Waals surface area contributed by atoms with Gasteiger partial charge in [0.25, 0.3) is 0 Å². The summed E-state index contributed by atoms with van der Waals surface area (Å²) in [4.78, 5) is 26.1. The SMILES string of the molecule is CC(C)(C)OC(=O)Nc1ccc(Oc2ccc(C=O)nc2)cc1. The van der Waals surface area contributed by atoms with Crippen LogP contribution in [0.3, 0.4) is 0 Å². The Morgan fingerprint density at radius 3 is 2.26 bits per heavy atom. The van der Waals surface area contributed by atoms with E-state index < -0.39 is 11.7 Å². The zero-order valence-electron chi connectivity index (χ0n) is 13.2. The van der Waals surface area contributed by atoms with Crippen LogP contribution in [-0.2, 0) is 4.74 Å². The third-order valence-corrected chi connectivity index (χ3v) is 2.62. The zero-order chi connectivity index (χ0) is 16.9. The molecule has 0 radical (unpaired) electrons. The number of pyridine rings is 1. The number of aromatic nitrogens is 1. The molecule has 0 aliphatic carbocycles. The van der Waals surface area contributed by atoms with E-state index in [1.807, 2.05) is 0 Å². The summed E-state index contributed by atoms with van der Waals surface area (Å²) < 4.78 is 10.8. The molecule has 0 fully saturated rings. The van der Waals surface area contributed by atoms with Crippen molar-refractivity contribution in [3.63, 3.8) is 0 Å². The van der Waals surface area contributed by atoms with E-state index in [1.54, 1.807) is 57.2 Å². The Balaban J connectivity index is 1.96. The molecule has 0 aliphatic heterocycles. The van der Waals surface area contributed by atoms with Crippen LogP contribution in [0.2, 0.25) is 0 Å². The summed E-state index contributed by atoms with van der Waals surface area (Å²) >= 11 is 0. The molecule has 0 bridgehead atoms. The lowest BCUT2D eigenvalue weighted by Crippen LogP contribution is -2.27. The third-order valence-electron chi connectivity index (χ3n) is 2.62. The molecule has 6 heteroatoms. The molecule has 0 unspecified atom stereocenters. The first kappa shape index (κ1) is 16.5. The lowest BCUT2D eigenvalue weighted by Gasteiger charge is -2.19. The van der Waals surface area contributed by atoms with E-state index >= 15 is 0 Å². The maximum absolute atomic E-state index is 11.7. The lowest BCUT2D eigenvalue weighted by molar-refractivity contribution is 0.0636. The number of hydrogen-bond acceptors (Lipinski definition) is 5.